The van der Waals surface area contributed by atoms with Crippen molar-refractivity contribution in [2.24, 2.45) is 5.92 Å². The van der Waals surface area contributed by atoms with Crippen LogP contribution in [0.1, 0.15) is 56.2 Å². The Bertz CT molecular complexity index is 1290. The summed E-state index contributed by atoms with van der Waals surface area (Å²) in [5.74, 6) is 1.54. The van der Waals surface area contributed by atoms with Gasteiger partial charge in [0.1, 0.15) is 16.9 Å². The van der Waals surface area contributed by atoms with Crippen LogP contribution >= 0.6 is 11.3 Å². The molecule has 0 fully saturated rings. The third-order valence-corrected chi connectivity index (χ3v) is 7.80. The number of benzene rings is 2. The van der Waals surface area contributed by atoms with E-state index in [4.69, 9.17) is 18.9 Å². The Labute approximate surface area is 213 Å². The van der Waals surface area contributed by atoms with Crippen LogP contribution < -0.4 is 29.6 Å². The van der Waals surface area contributed by atoms with Gasteiger partial charge in [0.2, 0.25) is 5.75 Å². The molecule has 0 unspecified atom stereocenters. The molecule has 36 heavy (non-hydrogen) atoms. The number of fused-ring (bicyclic) bond motifs is 3. The Morgan fingerprint density at radius 1 is 1.00 bits per heavy atom. The molecule has 2 atom stereocenters. The number of anilines is 1. The summed E-state index contributed by atoms with van der Waals surface area (Å²) >= 11 is 1.69. The molecular weight excluding hydrogens is 480 g/mol. The fourth-order valence-electron chi connectivity index (χ4n) is 4.72. The van der Waals surface area contributed by atoms with E-state index < -0.39 is 5.97 Å². The maximum absolute atomic E-state index is 13.0. The summed E-state index contributed by atoms with van der Waals surface area (Å²) in [6, 6.07) is 10.1. The highest BCUT2D eigenvalue weighted by Crippen LogP contribution is 2.43. The van der Waals surface area contributed by atoms with Crippen LogP contribution in [0.3, 0.4) is 0 Å². The minimum atomic E-state index is -0.561. The average molecular weight is 509 g/mol. The van der Waals surface area contributed by atoms with Gasteiger partial charge in [-0.1, -0.05) is 19.1 Å². The van der Waals surface area contributed by atoms with Crippen LogP contribution in [0.5, 0.6) is 23.0 Å². The van der Waals surface area contributed by atoms with E-state index in [1.807, 2.05) is 12.1 Å². The maximum Gasteiger partial charge on any atom is 0.343 e. The number of rotatable bonds is 6. The molecule has 2 heterocycles. The van der Waals surface area contributed by atoms with Gasteiger partial charge in [-0.3, -0.25) is 4.79 Å². The van der Waals surface area contributed by atoms with Crippen molar-refractivity contribution in [3.63, 3.8) is 0 Å². The second-order valence-corrected chi connectivity index (χ2v) is 10.1. The average Bonchev–Trinajstić information content (AvgIpc) is 3.25. The largest absolute Gasteiger partial charge is 0.493 e. The number of esters is 1. The van der Waals surface area contributed by atoms with Gasteiger partial charge in [0.25, 0.3) is 5.91 Å². The number of amides is 1. The van der Waals surface area contributed by atoms with Crippen LogP contribution in [0.25, 0.3) is 0 Å². The van der Waals surface area contributed by atoms with E-state index >= 15 is 0 Å². The standard InChI is InChI=1S/C27H28N2O6S/c1-14-5-10-18-21(11-14)36-26-22(18)25(30)28-24(29-26)15-6-8-17(9-7-15)35-27(31)16-12-19(32-2)23(34-4)20(13-16)33-3/h6-9,12-14,24,29H,5,10-11H2,1-4H3,(H,28,30)/t14-,24+/m1/s1. The molecule has 0 radical (unpaired) electrons. The molecule has 0 saturated carbocycles. The molecule has 0 spiro atoms. The van der Waals surface area contributed by atoms with Crippen molar-refractivity contribution in [1.29, 1.82) is 0 Å². The molecule has 1 aliphatic carbocycles. The molecule has 1 aromatic heterocycles. The van der Waals surface area contributed by atoms with E-state index in [1.165, 1.54) is 31.8 Å². The van der Waals surface area contributed by atoms with Crippen LogP contribution in [0, 0.1) is 5.92 Å². The lowest BCUT2D eigenvalue weighted by molar-refractivity contribution is 0.0733. The molecule has 188 valence electrons. The molecule has 2 aliphatic rings. The van der Waals surface area contributed by atoms with Gasteiger partial charge in [-0.05, 0) is 60.6 Å². The van der Waals surface area contributed by atoms with E-state index in [1.54, 1.807) is 35.6 Å². The van der Waals surface area contributed by atoms with Crippen LogP contribution in [-0.4, -0.2) is 33.2 Å². The zero-order valence-corrected chi connectivity index (χ0v) is 21.4. The van der Waals surface area contributed by atoms with Crippen molar-refractivity contribution in [3.05, 3.63) is 63.5 Å². The summed E-state index contributed by atoms with van der Waals surface area (Å²) in [5.41, 5.74) is 3.12. The number of hydrogen-bond acceptors (Lipinski definition) is 8. The first kappa shape index (κ1) is 24.0. The zero-order valence-electron chi connectivity index (χ0n) is 20.6. The van der Waals surface area contributed by atoms with Crippen molar-refractivity contribution in [3.8, 4) is 23.0 Å². The van der Waals surface area contributed by atoms with Crippen molar-refractivity contribution in [2.45, 2.75) is 32.4 Å². The van der Waals surface area contributed by atoms with Gasteiger partial charge in [-0.15, -0.1) is 11.3 Å². The predicted octanol–water partition coefficient (Wildman–Crippen LogP) is 4.97. The molecule has 2 aromatic carbocycles. The highest BCUT2D eigenvalue weighted by molar-refractivity contribution is 7.16. The quantitative estimate of drug-likeness (QED) is 0.358. The first-order valence-electron chi connectivity index (χ1n) is 11.8. The Hall–Kier alpha value is -3.72. The topological polar surface area (TPSA) is 95.1 Å². The Morgan fingerprint density at radius 2 is 1.69 bits per heavy atom. The molecule has 0 saturated heterocycles. The van der Waals surface area contributed by atoms with Gasteiger partial charge < -0.3 is 29.6 Å². The van der Waals surface area contributed by atoms with Gasteiger partial charge in [0.05, 0.1) is 32.5 Å². The van der Waals surface area contributed by atoms with Crippen LogP contribution in [-0.2, 0) is 12.8 Å². The lowest BCUT2D eigenvalue weighted by Crippen LogP contribution is -2.38. The van der Waals surface area contributed by atoms with E-state index in [9.17, 15) is 9.59 Å². The summed E-state index contributed by atoms with van der Waals surface area (Å²) < 4.78 is 21.5. The number of ether oxygens (including phenoxy) is 4. The van der Waals surface area contributed by atoms with Gasteiger partial charge in [-0.25, -0.2) is 4.79 Å². The summed E-state index contributed by atoms with van der Waals surface area (Å²) in [6.07, 6.45) is 2.73. The van der Waals surface area contributed by atoms with Gasteiger partial charge in [0, 0.05) is 4.88 Å². The summed E-state index contributed by atoms with van der Waals surface area (Å²) in [6.45, 7) is 2.26. The fourth-order valence-corrected chi connectivity index (χ4v) is 6.16. The second-order valence-electron chi connectivity index (χ2n) is 8.98. The highest BCUT2D eigenvalue weighted by Gasteiger charge is 2.33. The van der Waals surface area contributed by atoms with E-state index in [2.05, 4.69) is 17.6 Å². The monoisotopic (exact) mass is 508 g/mol. The molecule has 1 amide bonds. The van der Waals surface area contributed by atoms with Crippen LogP contribution in [0.15, 0.2) is 36.4 Å². The highest BCUT2D eigenvalue weighted by atomic mass is 32.1. The van der Waals surface area contributed by atoms with Gasteiger partial charge in [-0.2, -0.15) is 0 Å². The van der Waals surface area contributed by atoms with Gasteiger partial charge in [0.15, 0.2) is 11.5 Å². The fraction of sp³-hybridized carbons (Fsp3) is 0.333. The minimum absolute atomic E-state index is 0.0429. The van der Waals surface area contributed by atoms with Crippen LogP contribution in [0.2, 0.25) is 0 Å². The molecule has 9 heteroatoms. The molecule has 2 N–H and O–H groups in total. The molecule has 5 rings (SSSR count). The molecule has 0 bridgehead atoms. The third kappa shape index (κ3) is 4.35. The van der Waals surface area contributed by atoms with Crippen molar-refractivity contribution >= 4 is 28.2 Å². The normalized spacial score (nSPS) is 18.3. The first-order chi connectivity index (χ1) is 17.4. The Morgan fingerprint density at radius 3 is 2.33 bits per heavy atom. The van der Waals surface area contributed by atoms with E-state index in [0.29, 0.717) is 28.9 Å². The summed E-state index contributed by atoms with van der Waals surface area (Å²) in [7, 11) is 4.47. The number of methoxy groups -OCH3 is 3. The molecular formula is C27H28N2O6S. The first-order valence-corrected chi connectivity index (χ1v) is 12.6. The second kappa shape index (κ2) is 9.73. The lowest BCUT2D eigenvalue weighted by atomic mass is 9.88. The number of hydrogen-bond donors (Lipinski definition) is 2. The molecule has 3 aromatic rings. The lowest BCUT2D eigenvalue weighted by Gasteiger charge is -2.27. The smallest absolute Gasteiger partial charge is 0.343 e. The predicted molar refractivity (Wildman–Crippen MR) is 137 cm³/mol. The number of carbonyl (C=O) groups is 2. The van der Waals surface area contributed by atoms with Crippen molar-refractivity contribution < 1.29 is 28.5 Å². The van der Waals surface area contributed by atoms with Crippen LogP contribution in [0.4, 0.5) is 5.00 Å². The zero-order chi connectivity index (χ0) is 25.4. The Kier molecular flexibility index (Phi) is 6.49. The summed E-state index contributed by atoms with van der Waals surface area (Å²) in [5, 5.41) is 7.48. The number of thiophene rings is 1. The maximum atomic E-state index is 13.0. The van der Waals surface area contributed by atoms with E-state index in [0.717, 1.165) is 35.4 Å². The third-order valence-electron chi connectivity index (χ3n) is 6.61. The summed E-state index contributed by atoms with van der Waals surface area (Å²) in [4.78, 5) is 27.1. The number of nitrogens with one attached hydrogen (secondary N) is 2. The molecule has 1 aliphatic heterocycles. The SMILES string of the molecule is COc1cc(C(=O)Oc2ccc([C@H]3NC(=O)c4c(sc5c4CC[C@@H](C)C5)N3)cc2)cc(OC)c1OC. The van der Waals surface area contributed by atoms with Gasteiger partial charge >= 0.3 is 5.97 Å². The Balaban J connectivity index is 1.31. The number of carbonyl (C=O) groups excluding carboxylic acids is 2. The van der Waals surface area contributed by atoms with Crippen molar-refractivity contribution in [2.75, 3.05) is 26.6 Å². The molecule has 8 nitrogen and oxygen atoms in total. The van der Waals surface area contributed by atoms with Crippen molar-refractivity contribution in [1.82, 2.24) is 5.32 Å². The van der Waals surface area contributed by atoms with E-state index in [-0.39, 0.29) is 17.6 Å². The minimum Gasteiger partial charge on any atom is -0.493 e.